The summed E-state index contributed by atoms with van der Waals surface area (Å²) in [6.07, 6.45) is -2.21. The second-order valence-corrected chi connectivity index (χ2v) is 3.81. The number of carbonyl (C=O) groups excluding carboxylic acids is 2. The lowest BCUT2D eigenvalue weighted by atomic mass is 10.2. The van der Waals surface area contributed by atoms with Gasteiger partial charge >= 0.3 is 12.2 Å². The molecule has 18 heavy (non-hydrogen) atoms. The van der Waals surface area contributed by atoms with Crippen LogP contribution in [-0.2, 0) is 4.74 Å². The van der Waals surface area contributed by atoms with E-state index in [2.05, 4.69) is 15.0 Å². The average Bonchev–Trinajstić information content (AvgIpc) is 2.29. The minimum atomic E-state index is -0.973. The van der Waals surface area contributed by atoms with E-state index in [1.54, 1.807) is 38.1 Å². The molecule has 0 unspecified atom stereocenters. The predicted octanol–water partition coefficient (Wildman–Crippen LogP) is 3.49. The summed E-state index contributed by atoms with van der Waals surface area (Å²) >= 11 is 0. The van der Waals surface area contributed by atoms with Crippen LogP contribution >= 0.6 is 0 Å². The maximum atomic E-state index is 11.2. The summed E-state index contributed by atoms with van der Waals surface area (Å²) in [6.45, 7) is 5.24. The van der Waals surface area contributed by atoms with Crippen molar-refractivity contribution >= 4 is 12.2 Å². The smallest absolute Gasteiger partial charge is 0.444 e. The first kappa shape index (κ1) is 13.8. The number of amides is 2. The lowest BCUT2D eigenvalue weighted by Crippen LogP contribution is -2.08. The minimum Gasteiger partial charge on any atom is -0.444 e. The van der Waals surface area contributed by atoms with Crippen molar-refractivity contribution in [1.29, 1.82) is 0 Å². The summed E-state index contributed by atoms with van der Waals surface area (Å²) < 4.78 is 9.48. The number of carbonyl (C=O) groups is 2. The highest BCUT2D eigenvalue weighted by atomic mass is 16.6. The van der Waals surface area contributed by atoms with Crippen molar-refractivity contribution in [2.24, 2.45) is 10.2 Å². The van der Waals surface area contributed by atoms with Crippen molar-refractivity contribution in [3.8, 4) is 5.75 Å². The molecule has 0 aliphatic heterocycles. The molecule has 0 heterocycles. The van der Waals surface area contributed by atoms with Gasteiger partial charge in [0.05, 0.1) is 6.10 Å². The Balaban J connectivity index is 2.49. The van der Waals surface area contributed by atoms with Crippen LogP contribution in [0.2, 0.25) is 0 Å². The highest BCUT2D eigenvalue weighted by Gasteiger charge is 2.06. The Bertz CT molecular complexity index is 452. The minimum absolute atomic E-state index is 0.315. The van der Waals surface area contributed by atoms with Crippen molar-refractivity contribution < 1.29 is 19.1 Å². The number of hydrogen-bond acceptors (Lipinski definition) is 4. The van der Waals surface area contributed by atoms with Gasteiger partial charge in [0.2, 0.25) is 0 Å². The molecule has 0 saturated heterocycles. The summed E-state index contributed by atoms with van der Waals surface area (Å²) in [5, 5.41) is 6.15. The molecule has 6 heteroatoms. The first-order chi connectivity index (χ1) is 8.47. The molecule has 0 aromatic heterocycles. The number of ether oxygens (including phenoxy) is 2. The molecule has 6 nitrogen and oxygen atoms in total. The molecule has 96 valence electrons. The molecular formula is C12H14N2O4. The van der Waals surface area contributed by atoms with Gasteiger partial charge in [0.25, 0.3) is 0 Å². The lowest BCUT2D eigenvalue weighted by molar-refractivity contribution is 0.123. The van der Waals surface area contributed by atoms with Gasteiger partial charge in [0.1, 0.15) is 5.75 Å². The molecule has 0 fully saturated rings. The monoisotopic (exact) mass is 250 g/mol. The van der Waals surface area contributed by atoms with Crippen LogP contribution in [0.25, 0.3) is 0 Å². The third-order valence-corrected chi connectivity index (χ3v) is 1.78. The number of rotatable bonds is 2. The second-order valence-electron chi connectivity index (χ2n) is 3.81. The molecule has 0 aliphatic rings. The van der Waals surface area contributed by atoms with E-state index in [1.165, 1.54) is 0 Å². The van der Waals surface area contributed by atoms with Crippen LogP contribution < -0.4 is 4.74 Å². The largest absolute Gasteiger partial charge is 0.458 e. The molecule has 0 spiro atoms. The molecule has 0 bridgehead atoms. The van der Waals surface area contributed by atoms with Gasteiger partial charge in [-0.3, -0.25) is 0 Å². The molecule has 0 atom stereocenters. The Morgan fingerprint density at radius 1 is 1.06 bits per heavy atom. The number of aryl methyl sites for hydroxylation is 1. The number of benzene rings is 1. The maximum Gasteiger partial charge on any atom is 0.458 e. The Morgan fingerprint density at radius 3 is 2.17 bits per heavy atom. The van der Waals surface area contributed by atoms with E-state index in [-0.39, 0.29) is 6.10 Å². The van der Waals surface area contributed by atoms with Crippen molar-refractivity contribution in [1.82, 2.24) is 0 Å². The summed E-state index contributed by atoms with van der Waals surface area (Å²) in [7, 11) is 0. The number of azo groups is 1. The summed E-state index contributed by atoms with van der Waals surface area (Å²) in [4.78, 5) is 22.2. The Morgan fingerprint density at radius 2 is 1.61 bits per heavy atom. The standard InChI is InChI=1S/C12H14N2O4/c1-8(2)17-11(15)13-14-12(16)18-10-6-4-9(3)5-7-10/h4-8H,1-3H3/b14-13+. The van der Waals surface area contributed by atoms with Gasteiger partial charge in [0.15, 0.2) is 0 Å². The normalized spacial score (nSPS) is 10.7. The summed E-state index contributed by atoms with van der Waals surface area (Å²) in [6, 6.07) is 6.81. The molecule has 0 N–H and O–H groups in total. The first-order valence-electron chi connectivity index (χ1n) is 5.38. The molecule has 1 rings (SSSR count). The predicted molar refractivity (Wildman–Crippen MR) is 63.7 cm³/mol. The molecule has 0 aliphatic carbocycles. The Kier molecular flexibility index (Phi) is 4.98. The van der Waals surface area contributed by atoms with Crippen LogP contribution in [0.1, 0.15) is 19.4 Å². The van der Waals surface area contributed by atoms with Gasteiger partial charge in [-0.2, -0.15) is 0 Å². The quantitative estimate of drug-likeness (QED) is 0.752. The summed E-state index contributed by atoms with van der Waals surface area (Å²) in [5.41, 5.74) is 1.04. The van der Waals surface area contributed by atoms with Crippen LogP contribution in [0.15, 0.2) is 34.5 Å². The van der Waals surface area contributed by atoms with Gasteiger partial charge in [-0.1, -0.05) is 27.9 Å². The highest BCUT2D eigenvalue weighted by Crippen LogP contribution is 2.12. The fourth-order valence-corrected chi connectivity index (χ4v) is 1.03. The van der Waals surface area contributed by atoms with E-state index >= 15 is 0 Å². The molecule has 2 amide bonds. The third kappa shape index (κ3) is 5.20. The topological polar surface area (TPSA) is 77.3 Å². The zero-order valence-corrected chi connectivity index (χ0v) is 10.4. The highest BCUT2D eigenvalue weighted by molar-refractivity contribution is 5.74. The maximum absolute atomic E-state index is 11.2. The molecular weight excluding hydrogens is 236 g/mol. The van der Waals surface area contributed by atoms with Gasteiger partial charge < -0.3 is 9.47 Å². The van der Waals surface area contributed by atoms with E-state index in [9.17, 15) is 9.59 Å². The molecule has 1 aromatic rings. The van der Waals surface area contributed by atoms with E-state index in [0.29, 0.717) is 5.75 Å². The van der Waals surface area contributed by atoms with Crippen LogP contribution in [0.3, 0.4) is 0 Å². The SMILES string of the molecule is Cc1ccc(OC(=O)/N=N/C(=O)OC(C)C)cc1. The fraction of sp³-hybridized carbons (Fsp3) is 0.333. The first-order valence-corrected chi connectivity index (χ1v) is 5.38. The molecule has 1 aromatic carbocycles. The van der Waals surface area contributed by atoms with Crippen molar-refractivity contribution in [2.75, 3.05) is 0 Å². The Hall–Kier alpha value is -2.24. The van der Waals surface area contributed by atoms with Crippen LogP contribution in [0, 0.1) is 6.92 Å². The van der Waals surface area contributed by atoms with Gasteiger partial charge in [-0.15, -0.1) is 0 Å². The van der Waals surface area contributed by atoms with Crippen LogP contribution in [0.4, 0.5) is 9.59 Å². The van der Waals surface area contributed by atoms with Crippen molar-refractivity contribution in [3.63, 3.8) is 0 Å². The van der Waals surface area contributed by atoms with Crippen molar-refractivity contribution in [3.05, 3.63) is 29.8 Å². The van der Waals surface area contributed by atoms with E-state index in [0.717, 1.165) is 5.56 Å². The average molecular weight is 250 g/mol. The van der Waals surface area contributed by atoms with E-state index in [4.69, 9.17) is 4.74 Å². The fourth-order valence-electron chi connectivity index (χ4n) is 1.03. The zero-order chi connectivity index (χ0) is 13.5. The lowest BCUT2D eigenvalue weighted by Gasteiger charge is -2.02. The van der Waals surface area contributed by atoms with Gasteiger partial charge in [-0.05, 0) is 32.9 Å². The van der Waals surface area contributed by atoms with Gasteiger partial charge in [-0.25, -0.2) is 9.59 Å². The Labute approximate surface area is 105 Å². The zero-order valence-electron chi connectivity index (χ0n) is 10.4. The number of nitrogens with zero attached hydrogens (tertiary/aromatic N) is 2. The van der Waals surface area contributed by atoms with E-state index in [1.807, 2.05) is 6.92 Å². The molecule has 0 saturated carbocycles. The third-order valence-electron chi connectivity index (χ3n) is 1.78. The van der Waals surface area contributed by atoms with E-state index < -0.39 is 12.2 Å². The molecule has 0 radical (unpaired) electrons. The number of hydrogen-bond donors (Lipinski definition) is 0. The van der Waals surface area contributed by atoms with Crippen LogP contribution in [-0.4, -0.2) is 18.3 Å². The van der Waals surface area contributed by atoms with Crippen LogP contribution in [0.5, 0.6) is 5.75 Å². The van der Waals surface area contributed by atoms with Gasteiger partial charge in [0, 0.05) is 0 Å². The second kappa shape index (κ2) is 6.48. The summed E-state index contributed by atoms with van der Waals surface area (Å²) in [5.74, 6) is 0.335. The van der Waals surface area contributed by atoms with Crippen molar-refractivity contribution in [2.45, 2.75) is 26.9 Å².